The van der Waals surface area contributed by atoms with Gasteiger partial charge in [-0.3, -0.25) is 4.57 Å². The molecule has 0 amide bonds. The Morgan fingerprint density at radius 2 is 1.61 bits per heavy atom. The number of ether oxygens (including phenoxy) is 1. The maximum Gasteiger partial charge on any atom is 0.268 e. The number of hydrogen-bond donors (Lipinski definition) is 2. The van der Waals surface area contributed by atoms with Crippen molar-refractivity contribution in [2.45, 2.75) is 64.8 Å². The van der Waals surface area contributed by atoms with Crippen LogP contribution in [-0.2, 0) is 31.6 Å². The molecule has 3 rings (SSSR count). The van der Waals surface area contributed by atoms with Crippen LogP contribution in [0, 0.1) is 5.92 Å². The van der Waals surface area contributed by atoms with E-state index in [4.69, 9.17) is 18.9 Å². The summed E-state index contributed by atoms with van der Waals surface area (Å²) in [5.41, 5.74) is 3.46. The van der Waals surface area contributed by atoms with E-state index in [1.54, 1.807) is 19.1 Å². The lowest BCUT2D eigenvalue weighted by Gasteiger charge is -2.30. The van der Waals surface area contributed by atoms with Crippen LogP contribution in [0.15, 0.2) is 48.5 Å². The maximum absolute atomic E-state index is 12.4. The van der Waals surface area contributed by atoms with Crippen molar-refractivity contribution in [2.75, 3.05) is 0 Å². The van der Waals surface area contributed by atoms with E-state index in [0.717, 1.165) is 16.7 Å². The number of phosphoric ester groups is 1. The highest BCUT2D eigenvalue weighted by molar-refractivity contribution is 7.45. The molecule has 170 valence electrons. The summed E-state index contributed by atoms with van der Waals surface area (Å²) in [5, 5.41) is 19.4. The van der Waals surface area contributed by atoms with Crippen LogP contribution in [0.1, 0.15) is 38.3 Å². The van der Waals surface area contributed by atoms with Gasteiger partial charge in [0, 0.05) is 0 Å². The summed E-state index contributed by atoms with van der Waals surface area (Å²) < 4.78 is 28.3. The van der Waals surface area contributed by atoms with Gasteiger partial charge in [-0.1, -0.05) is 62.4 Å². The third-order valence-corrected chi connectivity index (χ3v) is 6.29. The molecule has 0 aliphatic carbocycles. The fraction of sp³-hybridized carbons (Fsp3) is 0.478. The summed E-state index contributed by atoms with van der Waals surface area (Å²) in [4.78, 5) is 12.4. The normalized spacial score (nSPS) is 25.6. The van der Waals surface area contributed by atoms with Gasteiger partial charge >= 0.3 is 0 Å². The van der Waals surface area contributed by atoms with E-state index in [1.807, 2.05) is 50.2 Å². The van der Waals surface area contributed by atoms with Crippen molar-refractivity contribution in [3.63, 3.8) is 0 Å². The SMILES string of the molecule is CC(C)C[C@H]1O[C@@H](C)[C@H](O)[C@@H]1OP(=O)([O-])OCc1ccc(-c2ccc(CO)cc2)cc1. The summed E-state index contributed by atoms with van der Waals surface area (Å²) >= 11 is 0. The highest BCUT2D eigenvalue weighted by Crippen LogP contribution is 2.45. The molecular weight excluding hydrogens is 419 g/mol. The van der Waals surface area contributed by atoms with Crippen LogP contribution in [0.4, 0.5) is 0 Å². The Morgan fingerprint density at radius 1 is 1.06 bits per heavy atom. The van der Waals surface area contributed by atoms with Crippen LogP contribution in [-0.4, -0.2) is 34.6 Å². The Morgan fingerprint density at radius 3 is 2.13 bits per heavy atom. The Kier molecular flexibility index (Phi) is 8.05. The van der Waals surface area contributed by atoms with Gasteiger partial charge in [-0.15, -0.1) is 0 Å². The average molecular weight is 449 g/mol. The van der Waals surface area contributed by atoms with Crippen molar-refractivity contribution in [1.29, 1.82) is 0 Å². The van der Waals surface area contributed by atoms with E-state index in [-0.39, 0.29) is 19.1 Å². The van der Waals surface area contributed by atoms with Crippen LogP contribution in [0.5, 0.6) is 0 Å². The van der Waals surface area contributed by atoms with Gasteiger partial charge in [-0.25, -0.2) is 0 Å². The zero-order chi connectivity index (χ0) is 22.6. The number of phosphoric acid groups is 1. The van der Waals surface area contributed by atoms with Crippen molar-refractivity contribution in [3.05, 3.63) is 59.7 Å². The summed E-state index contributed by atoms with van der Waals surface area (Å²) in [5.74, 6) is 0.263. The standard InChI is InChI=1S/C23H31O7P/c1-15(2)12-21-23(22(25)16(3)29-21)30-31(26,27)28-14-18-6-10-20(11-7-18)19-8-4-17(13-24)5-9-19/h4-11,15-16,21-25H,12-14H2,1-3H3,(H,26,27)/p-1/t16-,21+,22-,23+/m0/s1. The smallest absolute Gasteiger partial charge is 0.268 e. The van der Waals surface area contributed by atoms with Crippen molar-refractivity contribution in [1.82, 2.24) is 0 Å². The summed E-state index contributed by atoms with van der Waals surface area (Å²) in [7, 11) is -4.64. The number of rotatable bonds is 9. The minimum atomic E-state index is -4.64. The Hall–Kier alpha value is -1.57. The third-order valence-electron chi connectivity index (χ3n) is 5.34. The van der Waals surface area contributed by atoms with Crippen LogP contribution in [0.2, 0.25) is 0 Å². The minimum absolute atomic E-state index is 0.00494. The second-order valence-electron chi connectivity index (χ2n) is 8.34. The maximum atomic E-state index is 12.4. The number of aliphatic hydroxyl groups is 2. The molecular formula is C23H30O7P-. The second-order valence-corrected chi connectivity index (χ2v) is 9.71. The van der Waals surface area contributed by atoms with Crippen LogP contribution in [0.25, 0.3) is 11.1 Å². The number of aliphatic hydroxyl groups excluding tert-OH is 2. The van der Waals surface area contributed by atoms with Gasteiger partial charge in [0.25, 0.3) is 7.82 Å². The van der Waals surface area contributed by atoms with E-state index in [1.165, 1.54) is 0 Å². The first-order valence-electron chi connectivity index (χ1n) is 10.4. The molecule has 0 saturated carbocycles. The van der Waals surface area contributed by atoms with Crippen LogP contribution < -0.4 is 4.89 Å². The molecule has 2 N–H and O–H groups in total. The molecule has 8 heteroatoms. The van der Waals surface area contributed by atoms with E-state index in [9.17, 15) is 14.6 Å². The molecule has 0 bridgehead atoms. The van der Waals surface area contributed by atoms with E-state index >= 15 is 0 Å². The molecule has 1 unspecified atom stereocenters. The minimum Gasteiger partial charge on any atom is -0.756 e. The molecule has 0 aromatic heterocycles. The Bertz CT molecular complexity index is 880. The Balaban J connectivity index is 1.59. The quantitative estimate of drug-likeness (QED) is 0.565. The lowest BCUT2D eigenvalue weighted by molar-refractivity contribution is -0.234. The first-order chi connectivity index (χ1) is 14.7. The van der Waals surface area contributed by atoms with Crippen molar-refractivity contribution >= 4 is 7.82 Å². The lowest BCUT2D eigenvalue weighted by atomic mass is 10.00. The average Bonchev–Trinajstić information content (AvgIpc) is 2.99. The molecule has 0 radical (unpaired) electrons. The molecule has 2 aromatic carbocycles. The fourth-order valence-corrected chi connectivity index (χ4v) is 4.56. The molecule has 1 saturated heterocycles. The molecule has 1 fully saturated rings. The highest BCUT2D eigenvalue weighted by atomic mass is 31.2. The number of hydrogen-bond acceptors (Lipinski definition) is 7. The molecule has 1 aliphatic heterocycles. The third kappa shape index (κ3) is 6.46. The summed E-state index contributed by atoms with van der Waals surface area (Å²) in [6.45, 7) is 5.51. The molecule has 5 atom stereocenters. The molecule has 1 heterocycles. The zero-order valence-corrected chi connectivity index (χ0v) is 18.9. The summed E-state index contributed by atoms with van der Waals surface area (Å²) in [6.07, 6.45) is -2.46. The van der Waals surface area contributed by atoms with Crippen LogP contribution in [0.3, 0.4) is 0 Å². The highest BCUT2D eigenvalue weighted by Gasteiger charge is 2.44. The van der Waals surface area contributed by atoms with Crippen molar-refractivity contribution in [2.24, 2.45) is 5.92 Å². The van der Waals surface area contributed by atoms with Gasteiger partial charge in [0.2, 0.25) is 0 Å². The second kappa shape index (κ2) is 10.4. The van der Waals surface area contributed by atoms with Crippen molar-refractivity contribution in [3.8, 4) is 11.1 Å². The van der Waals surface area contributed by atoms with Gasteiger partial charge in [0.05, 0.1) is 25.4 Å². The predicted octanol–water partition coefficient (Wildman–Crippen LogP) is 3.41. The van der Waals surface area contributed by atoms with E-state index < -0.39 is 32.2 Å². The van der Waals surface area contributed by atoms with Gasteiger partial charge in [0.1, 0.15) is 12.2 Å². The van der Waals surface area contributed by atoms with Gasteiger partial charge < -0.3 is 28.9 Å². The van der Waals surface area contributed by atoms with Crippen molar-refractivity contribution < 1.29 is 33.5 Å². The van der Waals surface area contributed by atoms with E-state index in [2.05, 4.69) is 0 Å². The van der Waals surface area contributed by atoms with Gasteiger partial charge in [-0.05, 0) is 41.5 Å². The van der Waals surface area contributed by atoms with Gasteiger partial charge in [-0.2, -0.15) is 0 Å². The largest absolute Gasteiger partial charge is 0.756 e. The lowest BCUT2D eigenvalue weighted by Crippen LogP contribution is -2.36. The molecule has 1 aliphatic rings. The molecule has 0 spiro atoms. The fourth-order valence-electron chi connectivity index (χ4n) is 3.63. The molecule has 31 heavy (non-hydrogen) atoms. The topological polar surface area (TPSA) is 108 Å². The van der Waals surface area contributed by atoms with Crippen LogP contribution >= 0.6 is 7.82 Å². The monoisotopic (exact) mass is 449 g/mol. The first-order valence-corrected chi connectivity index (χ1v) is 11.9. The molecule has 2 aromatic rings. The number of benzene rings is 2. The predicted molar refractivity (Wildman–Crippen MR) is 115 cm³/mol. The zero-order valence-electron chi connectivity index (χ0n) is 18.0. The Labute approximate surface area is 183 Å². The van der Waals surface area contributed by atoms with E-state index in [0.29, 0.717) is 12.0 Å². The van der Waals surface area contributed by atoms with Gasteiger partial charge in [0.15, 0.2) is 0 Å². The first kappa shape index (κ1) is 24.1. The summed E-state index contributed by atoms with van der Waals surface area (Å²) in [6, 6.07) is 14.9. The molecule has 7 nitrogen and oxygen atoms in total.